The molecule has 5 atom stereocenters. The highest BCUT2D eigenvalue weighted by Crippen LogP contribution is 2.66. The van der Waals surface area contributed by atoms with Crippen LogP contribution in [0.4, 0.5) is 0 Å². The zero-order valence-electron chi connectivity index (χ0n) is 24.4. The highest BCUT2D eigenvalue weighted by atomic mass is 16.5. The van der Waals surface area contributed by atoms with Crippen LogP contribution in [0.5, 0.6) is 0 Å². The number of Topliss-reactive ketones (excluding diaryl/α,β-unsaturated/α-hetero) is 1. The monoisotopic (exact) mass is 509 g/mol. The minimum Gasteiger partial charge on any atom is -0.469 e. The molecule has 2 saturated carbocycles. The number of nitrogens with zero attached hydrogens (tertiary/aromatic N) is 1. The summed E-state index contributed by atoms with van der Waals surface area (Å²) in [6.45, 7) is 15.0. The van der Waals surface area contributed by atoms with E-state index in [1.807, 2.05) is 6.08 Å². The van der Waals surface area contributed by atoms with Gasteiger partial charge in [-0.15, -0.1) is 0 Å². The summed E-state index contributed by atoms with van der Waals surface area (Å²) in [5.74, 6) is -0.148. The molecule has 0 saturated heterocycles. The van der Waals surface area contributed by atoms with Crippen molar-refractivity contribution in [1.82, 2.24) is 0 Å². The van der Waals surface area contributed by atoms with E-state index in [9.17, 15) is 19.6 Å². The minimum absolute atomic E-state index is 0.00379. The molecule has 3 rings (SSSR count). The van der Waals surface area contributed by atoms with Crippen LogP contribution in [0.1, 0.15) is 113 Å². The lowest BCUT2D eigenvalue weighted by molar-refractivity contribution is -0.154. The summed E-state index contributed by atoms with van der Waals surface area (Å²) in [5, 5.41) is 9.70. The zero-order valence-corrected chi connectivity index (χ0v) is 24.4. The third-order valence-electron chi connectivity index (χ3n) is 10.8. The summed E-state index contributed by atoms with van der Waals surface area (Å²) in [4.78, 5) is 38.3. The van der Waals surface area contributed by atoms with Crippen LogP contribution >= 0.6 is 0 Å². The molecule has 2 fully saturated rings. The molecule has 0 spiro atoms. The average Bonchev–Trinajstić information content (AvgIpc) is 2.83. The van der Waals surface area contributed by atoms with Gasteiger partial charge >= 0.3 is 5.97 Å². The van der Waals surface area contributed by atoms with E-state index in [0.29, 0.717) is 6.42 Å². The lowest BCUT2D eigenvalue weighted by Gasteiger charge is -2.59. The van der Waals surface area contributed by atoms with Crippen LogP contribution in [0.3, 0.4) is 0 Å². The minimum atomic E-state index is -0.558. The Morgan fingerprint density at radius 3 is 2.24 bits per heavy atom. The second-order valence-corrected chi connectivity index (χ2v) is 13.9. The van der Waals surface area contributed by atoms with Gasteiger partial charge in [-0.3, -0.25) is 14.4 Å². The molecule has 0 N–H and O–H groups in total. The molecule has 0 unspecified atom stereocenters. The molecular formula is C32H47NO4. The summed E-state index contributed by atoms with van der Waals surface area (Å²) < 4.78 is 5.30. The van der Waals surface area contributed by atoms with Gasteiger partial charge in [0.05, 0.1) is 18.1 Å². The van der Waals surface area contributed by atoms with E-state index >= 15 is 0 Å². The Bertz CT molecular complexity index is 1060. The molecule has 5 nitrogen and oxygen atoms in total. The summed E-state index contributed by atoms with van der Waals surface area (Å²) in [7, 11) is 1.48. The molecule has 0 heterocycles. The van der Waals surface area contributed by atoms with E-state index in [-0.39, 0.29) is 45.3 Å². The fourth-order valence-electron chi connectivity index (χ4n) is 7.68. The van der Waals surface area contributed by atoms with Gasteiger partial charge in [-0.2, -0.15) is 5.26 Å². The van der Waals surface area contributed by atoms with E-state index < -0.39 is 10.8 Å². The van der Waals surface area contributed by atoms with Crippen LogP contribution in [0.2, 0.25) is 0 Å². The van der Waals surface area contributed by atoms with Gasteiger partial charge in [-0.25, -0.2) is 0 Å². The Balaban J connectivity index is 2.15. The highest BCUT2D eigenvalue weighted by molar-refractivity contribution is 6.00. The Morgan fingerprint density at radius 1 is 1.00 bits per heavy atom. The molecule has 0 aromatic rings. The maximum Gasteiger partial charge on any atom is 0.311 e. The van der Waals surface area contributed by atoms with Gasteiger partial charge in [0.2, 0.25) is 0 Å². The zero-order chi connectivity index (χ0) is 27.9. The Kier molecular flexibility index (Phi) is 8.05. The summed E-state index contributed by atoms with van der Waals surface area (Å²) in [6.07, 6.45) is 12.3. The number of carbonyl (C=O) groups is 3. The number of ketones is 2. The lowest BCUT2D eigenvalue weighted by atomic mass is 9.44. The Hall–Kier alpha value is -2.22. The largest absolute Gasteiger partial charge is 0.469 e. The topological polar surface area (TPSA) is 84.2 Å². The molecule has 0 radical (unpaired) electrons. The standard InChI is InChI=1S/C32H47NO4/c1-22(34)18-26-31(6)20-23(21-33)25(35)19-24(31)10-13-32(26,7)30(5)12-9-11-28(2,3)14-15-29(4,16-17-30)27(36)37-8/h18,20,24H,9-17,19H2,1-8H3/b26-18-/t24-,29-,30-,31-,32+/m0/s1. The predicted molar refractivity (Wildman–Crippen MR) is 145 cm³/mol. The predicted octanol–water partition coefficient (Wildman–Crippen LogP) is 7.30. The number of hydrogen-bond donors (Lipinski definition) is 0. The molecule has 37 heavy (non-hydrogen) atoms. The number of carbonyl (C=O) groups excluding carboxylic acids is 3. The first-order chi connectivity index (χ1) is 17.1. The van der Waals surface area contributed by atoms with Gasteiger partial charge in [0.15, 0.2) is 11.6 Å². The normalized spacial score (nSPS) is 39.6. The molecule has 0 amide bonds. The number of allylic oxidation sites excluding steroid dienone is 4. The second kappa shape index (κ2) is 10.2. The number of nitriles is 1. The summed E-state index contributed by atoms with van der Waals surface area (Å²) in [6, 6.07) is 2.12. The van der Waals surface area contributed by atoms with Crippen molar-refractivity contribution in [3.8, 4) is 6.07 Å². The van der Waals surface area contributed by atoms with Crippen LogP contribution < -0.4 is 0 Å². The maximum absolute atomic E-state index is 13.0. The van der Waals surface area contributed by atoms with E-state index in [1.54, 1.807) is 13.0 Å². The second-order valence-electron chi connectivity index (χ2n) is 13.9. The van der Waals surface area contributed by atoms with Crippen LogP contribution in [0.25, 0.3) is 0 Å². The molecule has 0 aromatic carbocycles. The number of esters is 1. The Labute approximate surface area is 224 Å². The van der Waals surface area contributed by atoms with E-state index in [1.165, 1.54) is 7.11 Å². The first-order valence-corrected chi connectivity index (χ1v) is 14.0. The highest BCUT2D eigenvalue weighted by Gasteiger charge is 2.58. The van der Waals surface area contributed by atoms with E-state index in [4.69, 9.17) is 4.74 Å². The van der Waals surface area contributed by atoms with Crippen molar-refractivity contribution in [2.45, 2.75) is 113 Å². The molecule has 0 bridgehead atoms. The molecule has 0 aliphatic heterocycles. The third-order valence-corrected chi connectivity index (χ3v) is 10.8. The molecule has 3 aliphatic carbocycles. The van der Waals surface area contributed by atoms with Crippen molar-refractivity contribution in [2.24, 2.45) is 33.0 Å². The van der Waals surface area contributed by atoms with Crippen molar-refractivity contribution in [2.75, 3.05) is 7.11 Å². The Morgan fingerprint density at radius 2 is 1.65 bits per heavy atom. The third kappa shape index (κ3) is 5.36. The van der Waals surface area contributed by atoms with Crippen molar-refractivity contribution in [3.05, 3.63) is 23.3 Å². The van der Waals surface area contributed by atoms with Crippen molar-refractivity contribution >= 4 is 17.5 Å². The first kappa shape index (κ1) is 29.3. The molecule has 0 aromatic heterocycles. The average molecular weight is 510 g/mol. The van der Waals surface area contributed by atoms with Gasteiger partial charge in [0.25, 0.3) is 0 Å². The van der Waals surface area contributed by atoms with Crippen molar-refractivity contribution < 1.29 is 19.1 Å². The number of fused-ring (bicyclic) bond motifs is 1. The van der Waals surface area contributed by atoms with Gasteiger partial charge < -0.3 is 4.74 Å². The summed E-state index contributed by atoms with van der Waals surface area (Å²) >= 11 is 0. The van der Waals surface area contributed by atoms with Gasteiger partial charge in [0, 0.05) is 11.8 Å². The number of methoxy groups -OCH3 is 1. The molecule has 204 valence electrons. The van der Waals surface area contributed by atoms with Gasteiger partial charge in [0.1, 0.15) is 6.07 Å². The van der Waals surface area contributed by atoms with Gasteiger partial charge in [-0.1, -0.05) is 52.7 Å². The number of rotatable bonds is 3. The fourth-order valence-corrected chi connectivity index (χ4v) is 7.68. The van der Waals surface area contributed by atoms with Crippen LogP contribution in [0.15, 0.2) is 23.3 Å². The van der Waals surface area contributed by atoms with Crippen LogP contribution in [-0.2, 0) is 19.1 Å². The summed E-state index contributed by atoms with van der Waals surface area (Å²) in [5.41, 5.74) is -0.173. The molecular weight excluding hydrogens is 462 g/mol. The van der Waals surface area contributed by atoms with E-state index in [0.717, 1.165) is 63.4 Å². The quantitative estimate of drug-likeness (QED) is 0.294. The van der Waals surface area contributed by atoms with Crippen molar-refractivity contribution in [1.29, 1.82) is 5.26 Å². The maximum atomic E-state index is 13.0. The molecule has 3 aliphatic rings. The lowest BCUT2D eigenvalue weighted by Crippen LogP contribution is -2.51. The SMILES string of the molecule is COC(=O)[C@@]1(C)CCC(C)(C)CCC[C@](C)([C@]2(C)CC[C@H]3CC(=O)C(C#N)=C[C@]3(C)/C2=C/C(C)=O)CC1. The molecule has 5 heteroatoms. The smallest absolute Gasteiger partial charge is 0.311 e. The fraction of sp³-hybridized carbons (Fsp3) is 0.750. The van der Waals surface area contributed by atoms with Crippen molar-refractivity contribution in [3.63, 3.8) is 0 Å². The number of ether oxygens (including phenoxy) is 1. The number of hydrogen-bond acceptors (Lipinski definition) is 5. The van der Waals surface area contributed by atoms with Gasteiger partial charge in [-0.05, 0) is 93.5 Å². The first-order valence-electron chi connectivity index (χ1n) is 14.0. The van der Waals surface area contributed by atoms with Crippen LogP contribution in [-0.4, -0.2) is 24.6 Å². The van der Waals surface area contributed by atoms with Crippen LogP contribution in [0, 0.1) is 44.3 Å². The van der Waals surface area contributed by atoms with E-state index in [2.05, 4.69) is 47.6 Å².